The summed E-state index contributed by atoms with van der Waals surface area (Å²) in [5.74, 6) is 0.501. The van der Waals surface area contributed by atoms with Crippen LogP contribution in [-0.4, -0.2) is 49.1 Å². The molecule has 4 N–H and O–H groups in total. The molecule has 0 aliphatic heterocycles. The zero-order valence-electron chi connectivity index (χ0n) is 13.5. The van der Waals surface area contributed by atoms with E-state index < -0.39 is 0 Å². The Bertz CT molecular complexity index is 366. The van der Waals surface area contributed by atoms with E-state index in [9.17, 15) is 14.4 Å². The summed E-state index contributed by atoms with van der Waals surface area (Å²) >= 11 is 1.56. The molecule has 7 nitrogen and oxygen atoms in total. The third kappa shape index (κ3) is 10.3. The van der Waals surface area contributed by atoms with Gasteiger partial charge in [-0.05, 0) is 6.42 Å². The number of nitrogens with two attached hydrogens (primary N) is 1. The summed E-state index contributed by atoms with van der Waals surface area (Å²) in [6.07, 6.45) is 0.735. The van der Waals surface area contributed by atoms with Gasteiger partial charge in [0.1, 0.15) is 6.61 Å². The molecule has 0 aliphatic carbocycles. The molecule has 0 bridgehead atoms. The van der Waals surface area contributed by atoms with Gasteiger partial charge in [-0.2, -0.15) is 11.8 Å². The van der Waals surface area contributed by atoms with E-state index in [1.807, 2.05) is 6.92 Å². The van der Waals surface area contributed by atoms with Gasteiger partial charge in [-0.3, -0.25) is 9.59 Å². The first-order chi connectivity index (χ1) is 10.4. The van der Waals surface area contributed by atoms with Crippen LogP contribution < -0.4 is 16.4 Å². The Morgan fingerprint density at radius 2 is 1.77 bits per heavy atom. The van der Waals surface area contributed by atoms with Gasteiger partial charge in [0.2, 0.25) is 5.91 Å². The number of rotatable bonds is 11. The Balaban J connectivity index is 3.51. The maximum Gasteiger partial charge on any atom is 0.314 e. The molecule has 0 aromatic carbocycles. The first-order valence-corrected chi connectivity index (χ1v) is 8.59. The van der Waals surface area contributed by atoms with E-state index in [0.29, 0.717) is 18.1 Å². The summed E-state index contributed by atoms with van der Waals surface area (Å²) in [4.78, 5) is 33.6. The number of primary amides is 1. The van der Waals surface area contributed by atoms with Crippen molar-refractivity contribution in [3.05, 3.63) is 0 Å². The lowest BCUT2D eigenvalue weighted by molar-refractivity contribution is -0.147. The molecule has 0 radical (unpaired) electrons. The first kappa shape index (κ1) is 20.6. The molecule has 0 saturated carbocycles. The highest BCUT2D eigenvalue weighted by Crippen LogP contribution is 2.06. The van der Waals surface area contributed by atoms with E-state index in [-0.39, 0.29) is 42.9 Å². The summed E-state index contributed by atoms with van der Waals surface area (Å²) < 4.78 is 5.01. The van der Waals surface area contributed by atoms with Gasteiger partial charge in [-0.25, -0.2) is 4.79 Å². The van der Waals surface area contributed by atoms with Crippen molar-refractivity contribution in [3.8, 4) is 0 Å². The second-order valence-electron chi connectivity index (χ2n) is 5.04. The first-order valence-electron chi connectivity index (χ1n) is 7.43. The standard InChI is InChI=1S/C14H27N3O4S/c1-4-10(2)13(19)21-7-5-16-14(20)17-6-8-22-9-11(3)12(15)18/h10-11H,4-9H2,1-3H3,(H2,15,18)(H2,16,17,20). The van der Waals surface area contributed by atoms with Gasteiger partial charge in [0.05, 0.1) is 12.5 Å². The molecule has 2 atom stereocenters. The Morgan fingerprint density at radius 3 is 2.36 bits per heavy atom. The molecule has 0 spiro atoms. The molecule has 8 heteroatoms. The Labute approximate surface area is 136 Å². The minimum Gasteiger partial charge on any atom is -0.464 e. The highest BCUT2D eigenvalue weighted by molar-refractivity contribution is 7.99. The van der Waals surface area contributed by atoms with Crippen molar-refractivity contribution in [3.63, 3.8) is 0 Å². The highest BCUT2D eigenvalue weighted by atomic mass is 32.2. The number of amides is 3. The predicted octanol–water partition coefficient (Wildman–Crippen LogP) is 0.730. The zero-order chi connectivity index (χ0) is 17.0. The molecule has 0 fully saturated rings. The summed E-state index contributed by atoms with van der Waals surface area (Å²) in [6.45, 7) is 6.44. The molecule has 0 rings (SSSR count). The van der Waals surface area contributed by atoms with Crippen molar-refractivity contribution in [2.45, 2.75) is 27.2 Å². The van der Waals surface area contributed by atoms with E-state index in [0.717, 1.165) is 6.42 Å². The van der Waals surface area contributed by atoms with Crippen LogP contribution in [0.4, 0.5) is 4.79 Å². The maximum absolute atomic E-state index is 11.4. The van der Waals surface area contributed by atoms with E-state index in [1.54, 1.807) is 25.6 Å². The topological polar surface area (TPSA) is 111 Å². The minimum atomic E-state index is -0.315. The van der Waals surface area contributed by atoms with Crippen molar-refractivity contribution in [1.29, 1.82) is 0 Å². The van der Waals surface area contributed by atoms with E-state index in [1.165, 1.54) is 0 Å². The molecule has 0 heterocycles. The summed E-state index contributed by atoms with van der Waals surface area (Å²) in [6, 6.07) is -0.303. The van der Waals surface area contributed by atoms with Crippen molar-refractivity contribution >= 4 is 29.7 Å². The third-order valence-corrected chi connectivity index (χ3v) is 4.26. The van der Waals surface area contributed by atoms with Gasteiger partial charge in [0.15, 0.2) is 0 Å². The molecule has 128 valence electrons. The second-order valence-corrected chi connectivity index (χ2v) is 6.19. The maximum atomic E-state index is 11.4. The molecule has 0 aliphatic rings. The molecular formula is C14H27N3O4S. The smallest absolute Gasteiger partial charge is 0.314 e. The van der Waals surface area contributed by atoms with Gasteiger partial charge in [0, 0.05) is 24.0 Å². The lowest BCUT2D eigenvalue weighted by Gasteiger charge is -2.11. The molecule has 0 aromatic rings. The number of hydrogen-bond donors (Lipinski definition) is 3. The van der Waals surface area contributed by atoms with Gasteiger partial charge >= 0.3 is 12.0 Å². The van der Waals surface area contributed by atoms with Crippen LogP contribution in [0.15, 0.2) is 0 Å². The number of ether oxygens (including phenoxy) is 1. The quantitative estimate of drug-likeness (QED) is 0.381. The average Bonchev–Trinajstić information content (AvgIpc) is 2.49. The fraction of sp³-hybridized carbons (Fsp3) is 0.786. The molecule has 0 saturated heterocycles. The van der Waals surface area contributed by atoms with Crippen molar-refractivity contribution < 1.29 is 19.1 Å². The fourth-order valence-electron chi connectivity index (χ4n) is 1.27. The van der Waals surface area contributed by atoms with Gasteiger partial charge in [-0.15, -0.1) is 0 Å². The van der Waals surface area contributed by atoms with Crippen LogP contribution in [0.5, 0.6) is 0 Å². The second kappa shape index (κ2) is 12.1. The van der Waals surface area contributed by atoms with E-state index in [4.69, 9.17) is 10.5 Å². The van der Waals surface area contributed by atoms with Crippen molar-refractivity contribution in [2.24, 2.45) is 17.6 Å². The number of hydrogen-bond acceptors (Lipinski definition) is 5. The monoisotopic (exact) mass is 333 g/mol. The van der Waals surface area contributed by atoms with E-state index in [2.05, 4.69) is 10.6 Å². The largest absolute Gasteiger partial charge is 0.464 e. The molecule has 22 heavy (non-hydrogen) atoms. The summed E-state index contributed by atoms with van der Waals surface area (Å²) in [5.41, 5.74) is 5.15. The van der Waals surface area contributed by atoms with Gasteiger partial charge < -0.3 is 21.1 Å². The van der Waals surface area contributed by atoms with Crippen LogP contribution in [0.25, 0.3) is 0 Å². The molecule has 2 unspecified atom stereocenters. The third-order valence-electron chi connectivity index (χ3n) is 3.03. The van der Waals surface area contributed by atoms with Crippen molar-refractivity contribution in [2.75, 3.05) is 31.2 Å². The zero-order valence-corrected chi connectivity index (χ0v) is 14.3. The average molecular weight is 333 g/mol. The Kier molecular flexibility index (Phi) is 11.3. The molecule has 0 aromatic heterocycles. The number of thioether (sulfide) groups is 1. The summed E-state index contributed by atoms with van der Waals surface area (Å²) in [7, 11) is 0. The lowest BCUT2D eigenvalue weighted by atomic mass is 10.1. The summed E-state index contributed by atoms with van der Waals surface area (Å²) in [5, 5.41) is 5.28. The number of carbonyl (C=O) groups excluding carboxylic acids is 3. The highest BCUT2D eigenvalue weighted by Gasteiger charge is 2.11. The Morgan fingerprint density at radius 1 is 1.14 bits per heavy atom. The van der Waals surface area contributed by atoms with E-state index >= 15 is 0 Å². The van der Waals surface area contributed by atoms with Crippen LogP contribution in [0.2, 0.25) is 0 Å². The van der Waals surface area contributed by atoms with Gasteiger partial charge in [0.25, 0.3) is 0 Å². The SMILES string of the molecule is CCC(C)C(=O)OCCNC(=O)NCCSCC(C)C(N)=O. The van der Waals surface area contributed by atoms with Crippen LogP contribution in [0.1, 0.15) is 27.2 Å². The predicted molar refractivity (Wildman–Crippen MR) is 87.5 cm³/mol. The number of carbonyl (C=O) groups is 3. The van der Waals surface area contributed by atoms with Crippen LogP contribution in [0, 0.1) is 11.8 Å². The van der Waals surface area contributed by atoms with Crippen molar-refractivity contribution in [1.82, 2.24) is 10.6 Å². The van der Waals surface area contributed by atoms with Crippen LogP contribution >= 0.6 is 11.8 Å². The fourth-order valence-corrected chi connectivity index (χ4v) is 2.20. The number of esters is 1. The normalized spacial score (nSPS) is 13.0. The molecular weight excluding hydrogens is 306 g/mol. The lowest BCUT2D eigenvalue weighted by Crippen LogP contribution is -2.38. The molecule has 3 amide bonds. The van der Waals surface area contributed by atoms with Crippen LogP contribution in [-0.2, 0) is 14.3 Å². The van der Waals surface area contributed by atoms with Crippen LogP contribution in [0.3, 0.4) is 0 Å². The number of nitrogens with one attached hydrogen (secondary N) is 2. The van der Waals surface area contributed by atoms with Gasteiger partial charge in [-0.1, -0.05) is 20.8 Å². The number of urea groups is 1. The Hall–Kier alpha value is -1.44. The minimum absolute atomic E-state index is 0.117.